The molecule has 0 spiro atoms. The molecule has 2 N–H and O–H groups in total. The van der Waals surface area contributed by atoms with Crippen LogP contribution in [0.5, 0.6) is 0 Å². The SMILES string of the molecule is Cc1ccc(-n2nc(C(=O)NC3CCCN(O)C3=O)c3c2CCC3)c(C)c1. The maximum Gasteiger partial charge on any atom is 0.272 e. The average Bonchev–Trinajstić information content (AvgIpc) is 3.22. The second kappa shape index (κ2) is 6.81. The average molecular weight is 368 g/mol. The van der Waals surface area contributed by atoms with Crippen molar-refractivity contribution < 1.29 is 14.8 Å². The molecule has 1 saturated heterocycles. The molecule has 142 valence electrons. The molecule has 27 heavy (non-hydrogen) atoms. The second-order valence-electron chi connectivity index (χ2n) is 7.46. The van der Waals surface area contributed by atoms with Crippen LogP contribution in [0.3, 0.4) is 0 Å². The maximum atomic E-state index is 12.9. The number of nitrogens with one attached hydrogen (secondary N) is 1. The molecule has 0 bridgehead atoms. The van der Waals surface area contributed by atoms with Gasteiger partial charge in [0.15, 0.2) is 5.69 Å². The first-order chi connectivity index (χ1) is 13.0. The molecule has 2 aliphatic rings. The van der Waals surface area contributed by atoms with Gasteiger partial charge in [-0.3, -0.25) is 14.8 Å². The lowest BCUT2D eigenvalue weighted by molar-refractivity contribution is -0.172. The quantitative estimate of drug-likeness (QED) is 0.812. The minimum Gasteiger partial charge on any atom is -0.339 e. The third-order valence-electron chi connectivity index (χ3n) is 5.45. The molecule has 7 heteroatoms. The van der Waals surface area contributed by atoms with Gasteiger partial charge in [-0.1, -0.05) is 17.7 Å². The van der Waals surface area contributed by atoms with E-state index in [9.17, 15) is 14.8 Å². The number of nitrogens with zero attached hydrogens (tertiary/aromatic N) is 3. The van der Waals surface area contributed by atoms with Crippen LogP contribution in [-0.2, 0) is 17.6 Å². The van der Waals surface area contributed by atoms with E-state index in [4.69, 9.17) is 0 Å². The fraction of sp³-hybridized carbons (Fsp3) is 0.450. The highest BCUT2D eigenvalue weighted by Gasteiger charge is 2.32. The molecule has 1 unspecified atom stereocenters. The van der Waals surface area contributed by atoms with Crippen LogP contribution in [0.15, 0.2) is 18.2 Å². The Morgan fingerprint density at radius 1 is 1.26 bits per heavy atom. The summed E-state index contributed by atoms with van der Waals surface area (Å²) in [5.41, 5.74) is 5.71. The van der Waals surface area contributed by atoms with Crippen molar-refractivity contribution in [2.45, 2.75) is 52.0 Å². The summed E-state index contributed by atoms with van der Waals surface area (Å²) in [6.45, 7) is 4.40. The summed E-state index contributed by atoms with van der Waals surface area (Å²) < 4.78 is 1.88. The van der Waals surface area contributed by atoms with Crippen LogP contribution < -0.4 is 5.32 Å². The first-order valence-corrected chi connectivity index (χ1v) is 9.45. The van der Waals surface area contributed by atoms with E-state index in [-0.39, 0.29) is 5.91 Å². The maximum absolute atomic E-state index is 12.9. The fourth-order valence-electron chi connectivity index (χ4n) is 4.08. The van der Waals surface area contributed by atoms with Crippen molar-refractivity contribution in [2.75, 3.05) is 6.54 Å². The summed E-state index contributed by atoms with van der Waals surface area (Å²) in [5.74, 6) is -0.801. The van der Waals surface area contributed by atoms with Crippen LogP contribution in [0.2, 0.25) is 0 Å². The number of carbonyl (C=O) groups excluding carboxylic acids is 2. The first-order valence-electron chi connectivity index (χ1n) is 9.45. The Morgan fingerprint density at radius 3 is 2.85 bits per heavy atom. The molecular formula is C20H24N4O3. The number of fused-ring (bicyclic) bond motifs is 1. The van der Waals surface area contributed by atoms with Gasteiger partial charge >= 0.3 is 0 Å². The van der Waals surface area contributed by atoms with Crippen LogP contribution in [0.25, 0.3) is 5.69 Å². The van der Waals surface area contributed by atoms with Crippen LogP contribution in [0.4, 0.5) is 0 Å². The van der Waals surface area contributed by atoms with E-state index in [1.807, 2.05) is 23.7 Å². The number of piperidine rings is 1. The van der Waals surface area contributed by atoms with Crippen molar-refractivity contribution in [3.63, 3.8) is 0 Å². The van der Waals surface area contributed by atoms with Gasteiger partial charge in [0, 0.05) is 17.8 Å². The van der Waals surface area contributed by atoms with Crippen molar-refractivity contribution in [2.24, 2.45) is 0 Å². The van der Waals surface area contributed by atoms with Gasteiger partial charge in [0.25, 0.3) is 11.8 Å². The lowest BCUT2D eigenvalue weighted by atomic mass is 10.1. The van der Waals surface area contributed by atoms with Crippen LogP contribution in [-0.4, -0.2) is 44.5 Å². The predicted molar refractivity (Wildman–Crippen MR) is 99.1 cm³/mol. The molecule has 4 rings (SSSR count). The Kier molecular flexibility index (Phi) is 4.47. The summed E-state index contributed by atoms with van der Waals surface area (Å²) >= 11 is 0. The van der Waals surface area contributed by atoms with Crippen molar-refractivity contribution >= 4 is 11.8 Å². The van der Waals surface area contributed by atoms with Crippen LogP contribution in [0, 0.1) is 13.8 Å². The number of hydroxylamine groups is 2. The zero-order valence-corrected chi connectivity index (χ0v) is 15.7. The Labute approximate surface area is 157 Å². The summed E-state index contributed by atoms with van der Waals surface area (Å²) in [6, 6.07) is 5.49. The number of hydrogen-bond acceptors (Lipinski definition) is 4. The lowest BCUT2D eigenvalue weighted by Crippen LogP contribution is -2.51. The van der Waals surface area contributed by atoms with Gasteiger partial charge in [0.05, 0.1) is 5.69 Å². The minimum absolute atomic E-state index is 0.307. The summed E-state index contributed by atoms with van der Waals surface area (Å²) in [5, 5.41) is 17.7. The molecule has 1 aliphatic heterocycles. The second-order valence-corrected chi connectivity index (χ2v) is 7.46. The molecule has 0 saturated carbocycles. The third-order valence-corrected chi connectivity index (χ3v) is 5.45. The number of hydrogen-bond donors (Lipinski definition) is 2. The van der Waals surface area contributed by atoms with Crippen LogP contribution >= 0.6 is 0 Å². The van der Waals surface area contributed by atoms with Crippen molar-refractivity contribution in [3.05, 3.63) is 46.3 Å². The summed E-state index contributed by atoms with van der Waals surface area (Å²) in [6.07, 6.45) is 3.87. The van der Waals surface area contributed by atoms with Crippen LogP contribution in [0.1, 0.15) is 52.1 Å². The Hall–Kier alpha value is -2.67. The number of carbonyl (C=O) groups is 2. The van der Waals surface area contributed by atoms with Crippen molar-refractivity contribution in [1.82, 2.24) is 20.2 Å². The van der Waals surface area contributed by atoms with E-state index >= 15 is 0 Å². The standard InChI is InChI=1S/C20H24N4O3/c1-12-8-9-16(13(2)11-12)24-17-7-3-5-14(17)18(22-24)19(25)21-15-6-4-10-23(27)20(15)26/h8-9,11,15,27H,3-7,10H2,1-2H3,(H,21,25). The van der Waals surface area contributed by atoms with E-state index in [2.05, 4.69) is 23.4 Å². The highest BCUT2D eigenvalue weighted by molar-refractivity contribution is 5.97. The highest BCUT2D eigenvalue weighted by atomic mass is 16.5. The van der Waals surface area contributed by atoms with Gasteiger partial charge in [-0.05, 0) is 57.6 Å². The third kappa shape index (κ3) is 3.12. The molecule has 1 aliphatic carbocycles. The van der Waals surface area contributed by atoms with E-state index in [1.165, 1.54) is 5.56 Å². The smallest absolute Gasteiger partial charge is 0.272 e. The van der Waals surface area contributed by atoms with Gasteiger partial charge in [0.2, 0.25) is 0 Å². The number of amides is 2. The molecule has 2 heterocycles. The molecule has 1 atom stereocenters. The first kappa shape index (κ1) is 17.7. The number of aromatic nitrogens is 2. The normalized spacial score (nSPS) is 19.3. The zero-order valence-electron chi connectivity index (χ0n) is 15.7. The van der Waals surface area contributed by atoms with E-state index in [0.29, 0.717) is 30.1 Å². The van der Waals surface area contributed by atoms with Crippen molar-refractivity contribution in [1.29, 1.82) is 0 Å². The Bertz CT molecular complexity index is 918. The summed E-state index contributed by atoms with van der Waals surface area (Å²) in [7, 11) is 0. The minimum atomic E-state index is -0.695. The molecule has 1 aromatic carbocycles. The van der Waals surface area contributed by atoms with E-state index < -0.39 is 11.9 Å². The molecule has 2 aromatic rings. The predicted octanol–water partition coefficient (Wildman–Crippen LogP) is 2.09. The molecule has 1 fully saturated rings. The van der Waals surface area contributed by atoms with Gasteiger partial charge in [-0.2, -0.15) is 5.10 Å². The zero-order chi connectivity index (χ0) is 19.1. The largest absolute Gasteiger partial charge is 0.339 e. The molecule has 2 amide bonds. The van der Waals surface area contributed by atoms with Gasteiger partial charge in [0.1, 0.15) is 6.04 Å². The Balaban J connectivity index is 1.66. The number of benzene rings is 1. The topological polar surface area (TPSA) is 87.5 Å². The van der Waals surface area contributed by atoms with Gasteiger partial charge in [-0.25, -0.2) is 9.75 Å². The monoisotopic (exact) mass is 368 g/mol. The lowest BCUT2D eigenvalue weighted by Gasteiger charge is -2.27. The molecular weight excluding hydrogens is 344 g/mol. The number of aryl methyl sites for hydroxylation is 2. The van der Waals surface area contributed by atoms with Gasteiger partial charge < -0.3 is 5.32 Å². The fourth-order valence-corrected chi connectivity index (χ4v) is 4.08. The van der Waals surface area contributed by atoms with E-state index in [1.54, 1.807) is 0 Å². The molecule has 1 aromatic heterocycles. The molecule has 7 nitrogen and oxygen atoms in total. The van der Waals surface area contributed by atoms with Gasteiger partial charge in [-0.15, -0.1) is 0 Å². The molecule has 0 radical (unpaired) electrons. The highest BCUT2D eigenvalue weighted by Crippen LogP contribution is 2.29. The summed E-state index contributed by atoms with van der Waals surface area (Å²) in [4.78, 5) is 24.9. The number of rotatable bonds is 3. The Morgan fingerprint density at radius 2 is 2.07 bits per heavy atom. The van der Waals surface area contributed by atoms with E-state index in [0.717, 1.165) is 41.8 Å². The van der Waals surface area contributed by atoms with Crippen molar-refractivity contribution in [3.8, 4) is 5.69 Å².